The van der Waals surface area contributed by atoms with Crippen molar-refractivity contribution in [3.8, 4) is 0 Å². The maximum Gasteiger partial charge on any atom is 0.408 e. The van der Waals surface area contributed by atoms with Crippen LogP contribution in [0, 0.1) is 5.82 Å². The molecule has 0 saturated carbocycles. The van der Waals surface area contributed by atoms with Gasteiger partial charge in [-0.05, 0) is 62.2 Å². The molecule has 0 fully saturated rings. The third-order valence-electron chi connectivity index (χ3n) is 3.77. The first-order valence-electron chi connectivity index (χ1n) is 9.68. The summed E-state index contributed by atoms with van der Waals surface area (Å²) in [7, 11) is 0. The second-order valence-electron chi connectivity index (χ2n) is 7.71. The molecule has 3 N–H and O–H groups in total. The average molecular weight is 427 g/mol. The number of anilines is 1. The zero-order valence-electron chi connectivity index (χ0n) is 17.7. The highest BCUT2D eigenvalue weighted by Gasteiger charge is 2.16. The first-order valence-corrected chi connectivity index (χ1v) is 9.68. The Morgan fingerprint density at radius 1 is 1.03 bits per heavy atom. The summed E-state index contributed by atoms with van der Waals surface area (Å²) in [5.41, 5.74) is 1.39. The van der Waals surface area contributed by atoms with Gasteiger partial charge in [0.1, 0.15) is 18.0 Å². The van der Waals surface area contributed by atoms with Crippen LogP contribution in [0.15, 0.2) is 54.6 Å². The Labute approximate surface area is 180 Å². The second-order valence-corrected chi connectivity index (χ2v) is 7.71. The lowest BCUT2D eigenvalue weighted by Crippen LogP contribution is -2.39. The minimum atomic E-state index is -0.666. The molecule has 0 bridgehead atoms. The van der Waals surface area contributed by atoms with E-state index in [0.29, 0.717) is 11.3 Å². The molecule has 2 aromatic rings. The first-order chi connectivity index (χ1) is 14.6. The molecule has 3 amide bonds. The third kappa shape index (κ3) is 9.58. The molecular weight excluding hydrogens is 401 g/mol. The largest absolute Gasteiger partial charge is 0.444 e. The van der Waals surface area contributed by atoms with Crippen LogP contribution in [0.1, 0.15) is 31.9 Å². The number of halogens is 1. The van der Waals surface area contributed by atoms with E-state index < -0.39 is 11.7 Å². The molecule has 0 radical (unpaired) electrons. The molecule has 0 aliphatic carbocycles. The van der Waals surface area contributed by atoms with Crippen LogP contribution in [0.5, 0.6) is 0 Å². The maximum absolute atomic E-state index is 12.9. The number of alkyl carbamates (subject to hydrolysis) is 1. The van der Waals surface area contributed by atoms with Crippen LogP contribution in [0.3, 0.4) is 0 Å². The van der Waals surface area contributed by atoms with Gasteiger partial charge in [-0.3, -0.25) is 9.59 Å². The molecule has 0 aromatic heterocycles. The van der Waals surface area contributed by atoms with E-state index in [-0.39, 0.29) is 30.7 Å². The lowest BCUT2D eigenvalue weighted by molar-refractivity contribution is -0.120. The molecule has 0 saturated heterocycles. The predicted molar refractivity (Wildman–Crippen MR) is 117 cm³/mol. The summed E-state index contributed by atoms with van der Waals surface area (Å²) >= 11 is 0. The number of amides is 3. The van der Waals surface area contributed by atoms with E-state index in [0.717, 1.165) is 5.56 Å². The lowest BCUT2D eigenvalue weighted by Gasteiger charge is -2.19. The standard InChI is InChI=1S/C23H26FN3O4/c1-23(2,3)31-22(30)26-15-21(29)25-14-17-5-4-6-19(13-17)27-20(28)12-9-16-7-10-18(24)11-8-16/h4-13H,14-15H2,1-3H3,(H,25,29)(H,26,30)(H,27,28)/b12-9+. The van der Waals surface area contributed by atoms with Crippen LogP contribution in [0.25, 0.3) is 6.08 Å². The molecule has 31 heavy (non-hydrogen) atoms. The van der Waals surface area contributed by atoms with Crippen molar-refractivity contribution in [2.75, 3.05) is 11.9 Å². The van der Waals surface area contributed by atoms with Crippen LogP contribution < -0.4 is 16.0 Å². The topological polar surface area (TPSA) is 96.5 Å². The van der Waals surface area contributed by atoms with Gasteiger partial charge in [0, 0.05) is 18.3 Å². The normalized spacial score (nSPS) is 11.1. The summed E-state index contributed by atoms with van der Waals surface area (Å²) in [6.45, 7) is 5.22. The molecule has 7 nitrogen and oxygen atoms in total. The molecule has 8 heteroatoms. The summed E-state index contributed by atoms with van der Waals surface area (Å²) in [5.74, 6) is -1.05. The molecule has 0 heterocycles. The number of carbonyl (C=O) groups is 3. The van der Waals surface area contributed by atoms with Crippen molar-refractivity contribution >= 4 is 29.7 Å². The van der Waals surface area contributed by atoms with Crippen molar-refractivity contribution in [3.05, 3.63) is 71.6 Å². The summed E-state index contributed by atoms with van der Waals surface area (Å²) in [4.78, 5) is 35.6. The fraction of sp³-hybridized carbons (Fsp3) is 0.261. The number of rotatable bonds is 7. The van der Waals surface area contributed by atoms with E-state index >= 15 is 0 Å². The van der Waals surface area contributed by atoms with E-state index in [2.05, 4.69) is 16.0 Å². The number of nitrogens with one attached hydrogen (secondary N) is 3. The van der Waals surface area contributed by atoms with Gasteiger partial charge in [0.05, 0.1) is 0 Å². The number of hydrogen-bond donors (Lipinski definition) is 3. The number of ether oxygens (including phenoxy) is 1. The maximum atomic E-state index is 12.9. The van der Waals surface area contributed by atoms with Crippen LogP contribution >= 0.6 is 0 Å². The van der Waals surface area contributed by atoms with Crippen LogP contribution in [-0.4, -0.2) is 30.1 Å². The summed E-state index contributed by atoms with van der Waals surface area (Å²) in [6, 6.07) is 12.8. The van der Waals surface area contributed by atoms with Crippen molar-refractivity contribution in [2.45, 2.75) is 32.9 Å². The smallest absolute Gasteiger partial charge is 0.408 e. The van der Waals surface area contributed by atoms with E-state index in [4.69, 9.17) is 4.74 Å². The van der Waals surface area contributed by atoms with Gasteiger partial charge in [-0.15, -0.1) is 0 Å². The van der Waals surface area contributed by atoms with Gasteiger partial charge in [-0.25, -0.2) is 9.18 Å². The van der Waals surface area contributed by atoms with Crippen molar-refractivity contribution in [1.82, 2.24) is 10.6 Å². The van der Waals surface area contributed by atoms with Crippen LogP contribution in [0.4, 0.5) is 14.9 Å². The summed E-state index contributed by atoms with van der Waals surface area (Å²) in [6.07, 6.45) is 2.27. The van der Waals surface area contributed by atoms with Gasteiger partial charge in [0.15, 0.2) is 0 Å². The van der Waals surface area contributed by atoms with Gasteiger partial charge >= 0.3 is 6.09 Å². The van der Waals surface area contributed by atoms with Crippen molar-refractivity contribution in [3.63, 3.8) is 0 Å². The van der Waals surface area contributed by atoms with Crippen LogP contribution in [-0.2, 0) is 20.9 Å². The fourth-order valence-corrected chi connectivity index (χ4v) is 2.42. The minimum Gasteiger partial charge on any atom is -0.444 e. The zero-order chi connectivity index (χ0) is 22.9. The highest BCUT2D eigenvalue weighted by molar-refractivity contribution is 6.01. The molecule has 164 valence electrons. The molecule has 0 unspecified atom stereocenters. The van der Waals surface area contributed by atoms with Crippen LogP contribution in [0.2, 0.25) is 0 Å². The van der Waals surface area contributed by atoms with E-state index in [1.54, 1.807) is 63.2 Å². The van der Waals surface area contributed by atoms with Gasteiger partial charge in [-0.1, -0.05) is 24.3 Å². The second kappa shape index (κ2) is 10.9. The van der Waals surface area contributed by atoms with Gasteiger partial charge in [0.2, 0.25) is 11.8 Å². The van der Waals surface area contributed by atoms with E-state index in [1.807, 2.05) is 0 Å². The molecule has 2 rings (SSSR count). The average Bonchev–Trinajstić information content (AvgIpc) is 2.69. The third-order valence-corrected chi connectivity index (χ3v) is 3.77. The van der Waals surface area contributed by atoms with Gasteiger partial charge < -0.3 is 20.7 Å². The summed E-state index contributed by atoms with van der Waals surface area (Å²) < 4.78 is 18.0. The quantitative estimate of drug-likeness (QED) is 0.588. The Morgan fingerprint density at radius 2 is 1.74 bits per heavy atom. The number of carbonyl (C=O) groups excluding carboxylic acids is 3. The van der Waals surface area contributed by atoms with E-state index in [1.165, 1.54) is 18.2 Å². The monoisotopic (exact) mass is 427 g/mol. The zero-order valence-corrected chi connectivity index (χ0v) is 17.7. The SMILES string of the molecule is CC(C)(C)OC(=O)NCC(=O)NCc1cccc(NC(=O)/C=C/c2ccc(F)cc2)c1. The van der Waals surface area contributed by atoms with Crippen molar-refractivity contribution in [1.29, 1.82) is 0 Å². The molecule has 2 aromatic carbocycles. The number of hydrogen-bond acceptors (Lipinski definition) is 4. The lowest BCUT2D eigenvalue weighted by atomic mass is 10.2. The Morgan fingerprint density at radius 3 is 2.42 bits per heavy atom. The first kappa shape index (κ1) is 23.6. The van der Waals surface area contributed by atoms with Crippen molar-refractivity contribution < 1.29 is 23.5 Å². The highest BCUT2D eigenvalue weighted by Crippen LogP contribution is 2.11. The Balaban J connectivity index is 1.80. The summed E-state index contributed by atoms with van der Waals surface area (Å²) in [5, 5.41) is 7.79. The van der Waals surface area contributed by atoms with E-state index in [9.17, 15) is 18.8 Å². The Hall–Kier alpha value is -3.68. The molecule has 0 aliphatic heterocycles. The van der Waals surface area contributed by atoms with Crippen molar-refractivity contribution in [2.24, 2.45) is 0 Å². The molecule has 0 atom stereocenters. The molecule has 0 spiro atoms. The predicted octanol–water partition coefficient (Wildman–Crippen LogP) is 3.62. The Kier molecular flexibility index (Phi) is 8.31. The van der Waals surface area contributed by atoms with Gasteiger partial charge in [0.25, 0.3) is 0 Å². The highest BCUT2D eigenvalue weighted by atomic mass is 19.1. The Bertz CT molecular complexity index is 950. The molecular formula is C23H26FN3O4. The fourth-order valence-electron chi connectivity index (χ4n) is 2.42. The number of benzene rings is 2. The minimum absolute atomic E-state index is 0.209. The van der Waals surface area contributed by atoms with Gasteiger partial charge in [-0.2, -0.15) is 0 Å². The molecule has 0 aliphatic rings.